The lowest BCUT2D eigenvalue weighted by Gasteiger charge is -2.13. The van der Waals surface area contributed by atoms with Crippen LogP contribution in [0.3, 0.4) is 0 Å². The van der Waals surface area contributed by atoms with Gasteiger partial charge in [0.15, 0.2) is 0 Å². The molecule has 0 atom stereocenters. The molecule has 0 fully saturated rings. The van der Waals surface area contributed by atoms with Crippen LogP contribution in [0.15, 0.2) is 44.2 Å². The summed E-state index contributed by atoms with van der Waals surface area (Å²) in [6.07, 6.45) is 0. The number of anilines is 1. The standard InChI is InChI=1S/C15H15Br2NO2S/c1-19-13-7-11(17)14(20-2)5-9(13)8-21-15-6-10(16)3-4-12(15)18/h3-7H,8,18H2,1-2H3. The van der Waals surface area contributed by atoms with E-state index in [1.165, 1.54) is 0 Å². The minimum atomic E-state index is 0.744. The molecule has 3 nitrogen and oxygen atoms in total. The Bertz CT molecular complexity index is 650. The van der Waals surface area contributed by atoms with Gasteiger partial charge in [0.1, 0.15) is 11.5 Å². The van der Waals surface area contributed by atoms with Crippen molar-refractivity contribution in [1.29, 1.82) is 0 Å². The van der Waals surface area contributed by atoms with Gasteiger partial charge in [0, 0.05) is 26.4 Å². The molecule has 0 aliphatic carbocycles. The number of nitrogens with two attached hydrogens (primary N) is 1. The lowest BCUT2D eigenvalue weighted by atomic mass is 10.2. The van der Waals surface area contributed by atoms with Crippen molar-refractivity contribution in [3.8, 4) is 11.5 Å². The van der Waals surface area contributed by atoms with Crippen LogP contribution in [-0.4, -0.2) is 14.2 Å². The average molecular weight is 433 g/mol. The van der Waals surface area contributed by atoms with Crippen LogP contribution < -0.4 is 15.2 Å². The Morgan fingerprint density at radius 3 is 2.43 bits per heavy atom. The number of thioether (sulfide) groups is 1. The van der Waals surface area contributed by atoms with E-state index in [4.69, 9.17) is 15.2 Å². The van der Waals surface area contributed by atoms with E-state index in [0.717, 1.165) is 42.3 Å². The number of nitrogen functional groups attached to an aromatic ring is 1. The van der Waals surface area contributed by atoms with E-state index in [9.17, 15) is 0 Å². The highest BCUT2D eigenvalue weighted by molar-refractivity contribution is 9.10. The molecule has 112 valence electrons. The first-order valence-corrected chi connectivity index (χ1v) is 8.70. The van der Waals surface area contributed by atoms with Gasteiger partial charge in [0.05, 0.1) is 18.7 Å². The van der Waals surface area contributed by atoms with E-state index in [2.05, 4.69) is 31.9 Å². The first-order chi connectivity index (χ1) is 10.0. The third kappa shape index (κ3) is 4.08. The van der Waals surface area contributed by atoms with Crippen molar-refractivity contribution in [2.45, 2.75) is 10.6 Å². The Hall–Kier alpha value is -0.850. The third-order valence-corrected chi connectivity index (χ3v) is 5.15. The number of halogens is 2. The van der Waals surface area contributed by atoms with E-state index < -0.39 is 0 Å². The maximum absolute atomic E-state index is 6.00. The van der Waals surface area contributed by atoms with Gasteiger partial charge in [0.25, 0.3) is 0 Å². The van der Waals surface area contributed by atoms with Gasteiger partial charge in [-0.1, -0.05) is 15.9 Å². The molecule has 2 aromatic rings. The highest BCUT2D eigenvalue weighted by atomic mass is 79.9. The van der Waals surface area contributed by atoms with Crippen molar-refractivity contribution in [2.75, 3.05) is 20.0 Å². The monoisotopic (exact) mass is 431 g/mol. The quantitative estimate of drug-likeness (QED) is 0.527. The summed E-state index contributed by atoms with van der Waals surface area (Å²) in [6.45, 7) is 0. The first-order valence-electron chi connectivity index (χ1n) is 6.13. The molecule has 0 saturated carbocycles. The van der Waals surface area contributed by atoms with E-state index in [0.29, 0.717) is 0 Å². The highest BCUT2D eigenvalue weighted by Crippen LogP contribution is 2.37. The number of hydrogen-bond donors (Lipinski definition) is 1. The summed E-state index contributed by atoms with van der Waals surface area (Å²) in [5, 5.41) is 0. The normalized spacial score (nSPS) is 10.5. The van der Waals surface area contributed by atoms with Gasteiger partial charge in [0.2, 0.25) is 0 Å². The zero-order valence-corrected chi connectivity index (χ0v) is 15.6. The summed E-state index contributed by atoms with van der Waals surface area (Å²) in [7, 11) is 3.31. The SMILES string of the molecule is COc1cc(CSc2cc(Br)ccc2N)c(OC)cc1Br. The molecule has 6 heteroatoms. The first kappa shape index (κ1) is 16.5. The molecule has 0 aliphatic rings. The summed E-state index contributed by atoms with van der Waals surface area (Å²) in [6, 6.07) is 9.74. The van der Waals surface area contributed by atoms with Gasteiger partial charge in [-0.05, 0) is 46.3 Å². The smallest absolute Gasteiger partial charge is 0.133 e. The second kappa shape index (κ2) is 7.42. The predicted octanol–water partition coefficient (Wildman–Crippen LogP) is 5.10. The van der Waals surface area contributed by atoms with Crippen molar-refractivity contribution in [3.63, 3.8) is 0 Å². The fourth-order valence-electron chi connectivity index (χ4n) is 1.83. The predicted molar refractivity (Wildman–Crippen MR) is 95.4 cm³/mol. The zero-order valence-electron chi connectivity index (χ0n) is 11.7. The molecule has 0 spiro atoms. The van der Waals surface area contributed by atoms with Gasteiger partial charge in [-0.3, -0.25) is 0 Å². The van der Waals surface area contributed by atoms with Gasteiger partial charge < -0.3 is 15.2 Å². The van der Waals surface area contributed by atoms with Crippen molar-refractivity contribution < 1.29 is 9.47 Å². The van der Waals surface area contributed by atoms with E-state index in [1.807, 2.05) is 30.3 Å². The summed E-state index contributed by atoms with van der Waals surface area (Å²) in [5.41, 5.74) is 7.83. The molecule has 21 heavy (non-hydrogen) atoms. The van der Waals surface area contributed by atoms with Crippen LogP contribution in [-0.2, 0) is 5.75 Å². The van der Waals surface area contributed by atoms with Crippen LogP contribution >= 0.6 is 43.6 Å². The van der Waals surface area contributed by atoms with Crippen LogP contribution in [0, 0.1) is 0 Å². The molecule has 2 aromatic carbocycles. The minimum Gasteiger partial charge on any atom is -0.496 e. The molecule has 0 unspecified atom stereocenters. The maximum Gasteiger partial charge on any atom is 0.133 e. The maximum atomic E-state index is 6.00. The van der Waals surface area contributed by atoms with Crippen molar-refractivity contribution in [1.82, 2.24) is 0 Å². The lowest BCUT2D eigenvalue weighted by molar-refractivity contribution is 0.398. The largest absolute Gasteiger partial charge is 0.496 e. The molecule has 2 rings (SSSR count). The van der Waals surface area contributed by atoms with E-state index in [-0.39, 0.29) is 0 Å². The Morgan fingerprint density at radius 2 is 1.76 bits per heavy atom. The van der Waals surface area contributed by atoms with Crippen molar-refractivity contribution >= 4 is 49.3 Å². The Morgan fingerprint density at radius 1 is 1.05 bits per heavy atom. The topological polar surface area (TPSA) is 44.5 Å². The molecule has 2 N–H and O–H groups in total. The van der Waals surface area contributed by atoms with Crippen LogP contribution in [0.4, 0.5) is 5.69 Å². The minimum absolute atomic E-state index is 0.744. The summed E-state index contributed by atoms with van der Waals surface area (Å²) < 4.78 is 12.7. The third-order valence-electron chi connectivity index (χ3n) is 2.91. The molecule has 0 aromatic heterocycles. The van der Waals surface area contributed by atoms with Gasteiger partial charge in [-0.2, -0.15) is 0 Å². The van der Waals surface area contributed by atoms with Crippen LogP contribution in [0.5, 0.6) is 11.5 Å². The zero-order chi connectivity index (χ0) is 15.4. The molecule has 0 bridgehead atoms. The average Bonchev–Trinajstić information content (AvgIpc) is 2.48. The highest BCUT2D eigenvalue weighted by Gasteiger charge is 2.11. The van der Waals surface area contributed by atoms with Gasteiger partial charge in [-0.25, -0.2) is 0 Å². The summed E-state index contributed by atoms with van der Waals surface area (Å²) in [4.78, 5) is 1.04. The summed E-state index contributed by atoms with van der Waals surface area (Å²) >= 11 is 8.59. The molecule has 0 heterocycles. The number of ether oxygens (including phenoxy) is 2. The van der Waals surface area contributed by atoms with Gasteiger partial charge in [-0.15, -0.1) is 11.8 Å². The summed E-state index contributed by atoms with van der Waals surface area (Å²) in [5.74, 6) is 2.35. The second-order valence-electron chi connectivity index (χ2n) is 4.27. The fourth-order valence-corrected chi connectivity index (χ4v) is 3.80. The molecular weight excluding hydrogens is 418 g/mol. The van der Waals surface area contributed by atoms with Crippen LogP contribution in [0.1, 0.15) is 5.56 Å². The molecule has 0 amide bonds. The fraction of sp³-hybridized carbons (Fsp3) is 0.200. The van der Waals surface area contributed by atoms with Crippen molar-refractivity contribution in [3.05, 3.63) is 44.8 Å². The van der Waals surface area contributed by atoms with E-state index in [1.54, 1.807) is 26.0 Å². The Labute approximate surface area is 145 Å². The molecule has 0 saturated heterocycles. The van der Waals surface area contributed by atoms with Crippen LogP contribution in [0.25, 0.3) is 0 Å². The number of benzene rings is 2. The van der Waals surface area contributed by atoms with Crippen LogP contribution in [0.2, 0.25) is 0 Å². The number of methoxy groups -OCH3 is 2. The molecule has 0 radical (unpaired) electrons. The van der Waals surface area contributed by atoms with E-state index >= 15 is 0 Å². The number of rotatable bonds is 5. The van der Waals surface area contributed by atoms with Gasteiger partial charge >= 0.3 is 0 Å². The Balaban J connectivity index is 2.24. The second-order valence-corrected chi connectivity index (χ2v) is 7.06. The molecular formula is C15H15Br2NO2S. The number of hydrogen-bond acceptors (Lipinski definition) is 4. The lowest BCUT2D eigenvalue weighted by Crippen LogP contribution is -1.94. The van der Waals surface area contributed by atoms with Crippen molar-refractivity contribution in [2.24, 2.45) is 0 Å². The Kier molecular flexibility index (Phi) is 5.84. The molecule has 0 aliphatic heterocycles.